The molecular weight excluding hydrogens is 232 g/mol. The molecule has 0 aromatic carbocycles. The van der Waals surface area contributed by atoms with Gasteiger partial charge in [-0.2, -0.15) is 11.8 Å². The molecule has 98 valence electrons. The molecule has 1 heterocycles. The smallest absolute Gasteiger partial charge is 0.224 e. The van der Waals surface area contributed by atoms with Crippen molar-refractivity contribution in [3.8, 4) is 0 Å². The normalized spacial score (nSPS) is 38.0. The highest BCUT2D eigenvalue weighted by Crippen LogP contribution is 2.27. The first-order chi connectivity index (χ1) is 8.20. The van der Waals surface area contributed by atoms with Crippen LogP contribution < -0.4 is 10.6 Å². The van der Waals surface area contributed by atoms with E-state index < -0.39 is 0 Å². The van der Waals surface area contributed by atoms with Gasteiger partial charge in [0.15, 0.2) is 0 Å². The van der Waals surface area contributed by atoms with Gasteiger partial charge in [-0.15, -0.1) is 0 Å². The van der Waals surface area contributed by atoms with E-state index in [1.165, 1.54) is 12.8 Å². The van der Waals surface area contributed by atoms with Gasteiger partial charge in [-0.1, -0.05) is 6.92 Å². The summed E-state index contributed by atoms with van der Waals surface area (Å²) in [4.78, 5) is 12.1. The molecule has 2 rings (SSSR count). The minimum Gasteiger partial charge on any atom is -0.353 e. The van der Waals surface area contributed by atoms with Crippen LogP contribution in [0.15, 0.2) is 0 Å². The van der Waals surface area contributed by atoms with Gasteiger partial charge >= 0.3 is 0 Å². The molecule has 0 bridgehead atoms. The van der Waals surface area contributed by atoms with Crippen molar-refractivity contribution in [2.24, 2.45) is 11.8 Å². The molecule has 1 amide bonds. The standard InChI is InChI=1S/C13H24N2OS/c1-9-7-14-8-12(9)13(16)15-10-3-5-11(17-2)6-4-10/h9-12,14H,3-8H2,1-2H3,(H,15,16)/t9-,10?,11?,12-/m1/s1. The van der Waals surface area contributed by atoms with E-state index in [-0.39, 0.29) is 11.8 Å². The van der Waals surface area contributed by atoms with Gasteiger partial charge in [-0.3, -0.25) is 4.79 Å². The van der Waals surface area contributed by atoms with Gasteiger partial charge in [0, 0.05) is 17.8 Å². The molecule has 2 N–H and O–H groups in total. The van der Waals surface area contributed by atoms with E-state index in [1.54, 1.807) is 0 Å². The van der Waals surface area contributed by atoms with Crippen LogP contribution in [0.1, 0.15) is 32.6 Å². The molecule has 4 heteroatoms. The van der Waals surface area contributed by atoms with Crippen molar-refractivity contribution in [3.63, 3.8) is 0 Å². The molecule has 1 saturated heterocycles. The molecule has 0 aromatic rings. The summed E-state index contributed by atoms with van der Waals surface area (Å²) in [5.74, 6) is 0.945. The topological polar surface area (TPSA) is 41.1 Å². The summed E-state index contributed by atoms with van der Waals surface area (Å²) in [5.41, 5.74) is 0. The summed E-state index contributed by atoms with van der Waals surface area (Å²) in [5, 5.41) is 7.35. The van der Waals surface area contributed by atoms with E-state index in [1.807, 2.05) is 11.8 Å². The first-order valence-corrected chi connectivity index (χ1v) is 8.03. The molecule has 1 saturated carbocycles. The third-order valence-electron chi connectivity index (χ3n) is 4.21. The van der Waals surface area contributed by atoms with Crippen molar-refractivity contribution in [1.82, 2.24) is 10.6 Å². The van der Waals surface area contributed by atoms with E-state index >= 15 is 0 Å². The Hall–Kier alpha value is -0.220. The molecule has 0 radical (unpaired) electrons. The molecule has 2 fully saturated rings. The maximum Gasteiger partial charge on any atom is 0.224 e. The van der Waals surface area contributed by atoms with Crippen LogP contribution >= 0.6 is 11.8 Å². The molecular formula is C13H24N2OS. The van der Waals surface area contributed by atoms with E-state index in [4.69, 9.17) is 0 Å². The third-order valence-corrected chi connectivity index (χ3v) is 5.35. The summed E-state index contributed by atoms with van der Waals surface area (Å²) in [6.07, 6.45) is 7.02. The van der Waals surface area contributed by atoms with Crippen molar-refractivity contribution in [3.05, 3.63) is 0 Å². The van der Waals surface area contributed by atoms with Crippen LogP contribution in [-0.4, -0.2) is 36.5 Å². The number of thioether (sulfide) groups is 1. The number of amides is 1. The molecule has 2 atom stereocenters. The van der Waals surface area contributed by atoms with Crippen molar-refractivity contribution < 1.29 is 4.79 Å². The van der Waals surface area contributed by atoms with E-state index in [9.17, 15) is 4.79 Å². The van der Waals surface area contributed by atoms with Crippen LogP contribution in [0.4, 0.5) is 0 Å². The second-order valence-electron chi connectivity index (χ2n) is 5.46. The highest BCUT2D eigenvalue weighted by Gasteiger charge is 2.31. The van der Waals surface area contributed by atoms with Crippen LogP contribution in [-0.2, 0) is 4.79 Å². The van der Waals surface area contributed by atoms with Gasteiger partial charge in [-0.05, 0) is 44.4 Å². The highest BCUT2D eigenvalue weighted by molar-refractivity contribution is 7.99. The average Bonchev–Trinajstić information content (AvgIpc) is 2.76. The van der Waals surface area contributed by atoms with Gasteiger partial charge < -0.3 is 10.6 Å². The lowest BCUT2D eigenvalue weighted by atomic mass is 9.92. The molecule has 17 heavy (non-hydrogen) atoms. The maximum absolute atomic E-state index is 12.1. The lowest BCUT2D eigenvalue weighted by Crippen LogP contribution is -2.43. The Kier molecular flexibility index (Phi) is 4.74. The largest absolute Gasteiger partial charge is 0.353 e. The van der Waals surface area contributed by atoms with Crippen LogP contribution in [0.3, 0.4) is 0 Å². The minimum atomic E-state index is 0.188. The van der Waals surface area contributed by atoms with Crippen LogP contribution in [0.25, 0.3) is 0 Å². The molecule has 1 aliphatic carbocycles. The predicted octanol–water partition coefficient (Wildman–Crippen LogP) is 1.63. The van der Waals surface area contributed by atoms with Gasteiger partial charge in [-0.25, -0.2) is 0 Å². The maximum atomic E-state index is 12.1. The van der Waals surface area contributed by atoms with Crippen molar-refractivity contribution in [1.29, 1.82) is 0 Å². The van der Waals surface area contributed by atoms with Crippen molar-refractivity contribution >= 4 is 17.7 Å². The van der Waals surface area contributed by atoms with E-state index in [0.717, 1.165) is 31.2 Å². The van der Waals surface area contributed by atoms with Gasteiger partial charge in [0.25, 0.3) is 0 Å². The molecule has 0 unspecified atom stereocenters. The zero-order chi connectivity index (χ0) is 12.3. The van der Waals surface area contributed by atoms with Gasteiger partial charge in [0.1, 0.15) is 0 Å². The zero-order valence-corrected chi connectivity index (χ0v) is 11.7. The van der Waals surface area contributed by atoms with Gasteiger partial charge in [0.05, 0.1) is 5.92 Å². The average molecular weight is 256 g/mol. The van der Waals surface area contributed by atoms with Gasteiger partial charge in [0.2, 0.25) is 5.91 Å². The summed E-state index contributed by atoms with van der Waals surface area (Å²) in [7, 11) is 0. The van der Waals surface area contributed by atoms with Crippen molar-refractivity contribution in [2.75, 3.05) is 19.3 Å². The number of carbonyl (C=O) groups is 1. The summed E-state index contributed by atoms with van der Waals surface area (Å²) < 4.78 is 0. The second-order valence-corrected chi connectivity index (χ2v) is 6.60. The van der Waals surface area contributed by atoms with E-state index in [0.29, 0.717) is 12.0 Å². The molecule has 3 nitrogen and oxygen atoms in total. The predicted molar refractivity (Wildman–Crippen MR) is 73.2 cm³/mol. The summed E-state index contributed by atoms with van der Waals surface area (Å²) in [6, 6.07) is 0.429. The van der Waals surface area contributed by atoms with Crippen LogP contribution in [0.2, 0.25) is 0 Å². The molecule has 0 spiro atoms. The lowest BCUT2D eigenvalue weighted by molar-refractivity contribution is -0.126. The second kappa shape index (κ2) is 6.10. The minimum absolute atomic E-state index is 0.188. The number of nitrogens with one attached hydrogen (secondary N) is 2. The van der Waals surface area contributed by atoms with Crippen LogP contribution in [0.5, 0.6) is 0 Å². The fraction of sp³-hybridized carbons (Fsp3) is 0.923. The Morgan fingerprint density at radius 2 is 1.94 bits per heavy atom. The zero-order valence-electron chi connectivity index (χ0n) is 10.9. The molecule has 1 aliphatic heterocycles. The summed E-state index contributed by atoms with van der Waals surface area (Å²) >= 11 is 1.97. The summed E-state index contributed by atoms with van der Waals surface area (Å²) in [6.45, 7) is 4.00. The lowest BCUT2D eigenvalue weighted by Gasteiger charge is -2.29. The van der Waals surface area contributed by atoms with Crippen molar-refractivity contribution in [2.45, 2.75) is 43.9 Å². The number of carbonyl (C=O) groups excluding carboxylic acids is 1. The molecule has 0 aromatic heterocycles. The first-order valence-electron chi connectivity index (χ1n) is 6.74. The number of hydrogen-bond donors (Lipinski definition) is 2. The quantitative estimate of drug-likeness (QED) is 0.806. The Bertz CT molecular complexity index is 264. The Morgan fingerprint density at radius 3 is 2.47 bits per heavy atom. The fourth-order valence-electron chi connectivity index (χ4n) is 2.91. The number of rotatable bonds is 3. The first kappa shape index (κ1) is 13.2. The highest BCUT2D eigenvalue weighted by atomic mass is 32.2. The SMILES string of the molecule is CSC1CCC(NC(=O)[C@@H]2CNC[C@H]2C)CC1. The number of hydrogen-bond acceptors (Lipinski definition) is 3. The monoisotopic (exact) mass is 256 g/mol. The fourth-order valence-corrected chi connectivity index (χ4v) is 3.66. The Morgan fingerprint density at radius 1 is 1.24 bits per heavy atom. The Balaban J connectivity index is 1.76. The Labute approximate surface area is 108 Å². The van der Waals surface area contributed by atoms with E-state index in [2.05, 4.69) is 23.8 Å². The molecule has 2 aliphatic rings. The van der Waals surface area contributed by atoms with Crippen LogP contribution in [0, 0.1) is 11.8 Å². The third kappa shape index (κ3) is 3.38.